The van der Waals surface area contributed by atoms with Crippen LogP contribution in [0.15, 0.2) is 0 Å². The fourth-order valence-corrected chi connectivity index (χ4v) is 2.78. The molecule has 0 aliphatic carbocycles. The van der Waals surface area contributed by atoms with Gasteiger partial charge in [-0.3, -0.25) is 0 Å². The maximum absolute atomic E-state index is 3.52. The van der Waals surface area contributed by atoms with Gasteiger partial charge >= 0.3 is 0 Å². The molecule has 2 heteroatoms. The van der Waals surface area contributed by atoms with Gasteiger partial charge in [0.1, 0.15) is 0 Å². The first-order valence-corrected chi connectivity index (χ1v) is 6.43. The lowest BCUT2D eigenvalue weighted by Gasteiger charge is -2.45. The maximum atomic E-state index is 3.52. The van der Waals surface area contributed by atoms with Crippen LogP contribution in [0.1, 0.15) is 52.9 Å². The zero-order valence-electron chi connectivity index (χ0n) is 11.6. The molecule has 0 aromatic carbocycles. The third kappa shape index (κ3) is 3.46. The highest BCUT2D eigenvalue weighted by Crippen LogP contribution is 2.28. The van der Waals surface area contributed by atoms with E-state index in [4.69, 9.17) is 0 Å². The molecule has 0 aliphatic rings. The van der Waals surface area contributed by atoms with Gasteiger partial charge in [-0.1, -0.05) is 33.6 Å². The van der Waals surface area contributed by atoms with Crippen molar-refractivity contribution in [1.29, 1.82) is 0 Å². The minimum atomic E-state index is 0.323. The summed E-state index contributed by atoms with van der Waals surface area (Å²) in [6, 6.07) is 0.613. The van der Waals surface area contributed by atoms with Gasteiger partial charge in [0.15, 0.2) is 0 Å². The second kappa shape index (κ2) is 7.24. The van der Waals surface area contributed by atoms with Gasteiger partial charge in [0.25, 0.3) is 0 Å². The average molecular weight is 214 g/mol. The third-order valence-corrected chi connectivity index (χ3v) is 3.96. The molecule has 92 valence electrons. The number of rotatable bonds is 8. The van der Waals surface area contributed by atoms with Gasteiger partial charge in [0.2, 0.25) is 0 Å². The van der Waals surface area contributed by atoms with E-state index in [9.17, 15) is 0 Å². The first-order chi connectivity index (χ1) is 7.08. The van der Waals surface area contributed by atoms with E-state index in [-0.39, 0.29) is 0 Å². The van der Waals surface area contributed by atoms with Gasteiger partial charge in [-0.25, -0.2) is 0 Å². The lowest BCUT2D eigenvalue weighted by molar-refractivity contribution is 0.0867. The van der Waals surface area contributed by atoms with E-state index >= 15 is 0 Å². The Morgan fingerprint density at radius 3 is 1.93 bits per heavy atom. The Morgan fingerprint density at radius 2 is 1.67 bits per heavy atom. The summed E-state index contributed by atoms with van der Waals surface area (Å²) < 4.78 is 0. The van der Waals surface area contributed by atoms with Crippen molar-refractivity contribution < 1.29 is 0 Å². The molecule has 0 aromatic rings. The summed E-state index contributed by atoms with van der Waals surface area (Å²) in [6.45, 7) is 6.88. The molecule has 1 atom stereocenters. The zero-order chi connectivity index (χ0) is 11.9. The Labute approximate surface area is 96.4 Å². The zero-order valence-corrected chi connectivity index (χ0v) is 11.6. The summed E-state index contributed by atoms with van der Waals surface area (Å²) in [5, 5.41) is 3.52. The van der Waals surface area contributed by atoms with Gasteiger partial charge in [0.05, 0.1) is 0 Å². The van der Waals surface area contributed by atoms with Gasteiger partial charge in [0, 0.05) is 11.6 Å². The number of likely N-dealkylation sites (N-methyl/N-ethyl adjacent to an activating group) is 2. The number of unbranched alkanes of at least 4 members (excludes halogenated alkanes) is 1. The van der Waals surface area contributed by atoms with E-state index in [1.807, 2.05) is 0 Å². The molecule has 2 nitrogen and oxygen atoms in total. The van der Waals surface area contributed by atoms with Gasteiger partial charge in [-0.05, 0) is 40.4 Å². The molecule has 0 saturated heterocycles. The summed E-state index contributed by atoms with van der Waals surface area (Å²) in [6.07, 6.45) is 6.32. The molecular weight excluding hydrogens is 184 g/mol. The smallest absolute Gasteiger partial charge is 0.0351 e. The molecule has 0 radical (unpaired) electrons. The highest BCUT2D eigenvalue weighted by molar-refractivity contribution is 4.96. The van der Waals surface area contributed by atoms with Crippen molar-refractivity contribution in [1.82, 2.24) is 10.2 Å². The summed E-state index contributed by atoms with van der Waals surface area (Å²) in [5.41, 5.74) is 0.323. The minimum Gasteiger partial charge on any atom is -0.315 e. The van der Waals surface area contributed by atoms with Gasteiger partial charge < -0.3 is 10.2 Å². The highest BCUT2D eigenvalue weighted by atomic mass is 15.2. The molecule has 0 fully saturated rings. The Bertz CT molecular complexity index is 151. The van der Waals surface area contributed by atoms with Crippen molar-refractivity contribution in [3.05, 3.63) is 0 Å². The standard InChI is InChI=1S/C13H30N2/c1-7-10-11-12(14-4)13(8-2,9-3)15(5)6/h12,14H,7-11H2,1-6H3. The molecule has 0 heterocycles. The first kappa shape index (κ1) is 14.9. The Morgan fingerprint density at radius 1 is 1.13 bits per heavy atom. The molecule has 15 heavy (non-hydrogen) atoms. The van der Waals surface area contributed by atoms with E-state index in [1.165, 1.54) is 32.1 Å². The lowest BCUT2D eigenvalue weighted by atomic mass is 9.81. The van der Waals surface area contributed by atoms with Crippen molar-refractivity contribution in [2.24, 2.45) is 0 Å². The van der Waals surface area contributed by atoms with Crippen molar-refractivity contribution in [2.45, 2.75) is 64.5 Å². The van der Waals surface area contributed by atoms with Crippen LogP contribution < -0.4 is 5.32 Å². The first-order valence-electron chi connectivity index (χ1n) is 6.43. The highest BCUT2D eigenvalue weighted by Gasteiger charge is 2.36. The Balaban J connectivity index is 4.67. The quantitative estimate of drug-likeness (QED) is 0.668. The van der Waals surface area contributed by atoms with Crippen molar-refractivity contribution in [3.8, 4) is 0 Å². The second-order valence-corrected chi connectivity index (χ2v) is 4.69. The van der Waals surface area contributed by atoms with Gasteiger partial charge in [-0.2, -0.15) is 0 Å². The number of hydrogen-bond donors (Lipinski definition) is 1. The molecule has 0 bridgehead atoms. The molecule has 1 unspecified atom stereocenters. The van der Waals surface area contributed by atoms with Crippen LogP contribution in [0.3, 0.4) is 0 Å². The van der Waals surface area contributed by atoms with E-state index in [0.29, 0.717) is 11.6 Å². The van der Waals surface area contributed by atoms with Crippen molar-refractivity contribution in [2.75, 3.05) is 21.1 Å². The van der Waals surface area contributed by atoms with E-state index < -0.39 is 0 Å². The topological polar surface area (TPSA) is 15.3 Å². The number of nitrogens with one attached hydrogen (secondary N) is 1. The monoisotopic (exact) mass is 214 g/mol. The predicted molar refractivity (Wildman–Crippen MR) is 69.4 cm³/mol. The molecule has 0 rings (SSSR count). The van der Waals surface area contributed by atoms with Crippen LogP contribution in [-0.2, 0) is 0 Å². The van der Waals surface area contributed by atoms with Crippen LogP contribution in [0, 0.1) is 0 Å². The second-order valence-electron chi connectivity index (χ2n) is 4.69. The molecular formula is C13H30N2. The SMILES string of the molecule is CCCCC(NC)C(CC)(CC)N(C)C. The van der Waals surface area contributed by atoms with Crippen LogP contribution in [0.25, 0.3) is 0 Å². The molecule has 0 amide bonds. The average Bonchev–Trinajstić information content (AvgIpc) is 2.24. The fourth-order valence-electron chi connectivity index (χ4n) is 2.78. The molecule has 0 spiro atoms. The summed E-state index contributed by atoms with van der Waals surface area (Å²) in [4.78, 5) is 2.41. The predicted octanol–water partition coefficient (Wildman–Crippen LogP) is 2.89. The molecule has 0 saturated carbocycles. The molecule has 0 aromatic heterocycles. The summed E-state index contributed by atoms with van der Waals surface area (Å²) in [5.74, 6) is 0. The summed E-state index contributed by atoms with van der Waals surface area (Å²) >= 11 is 0. The Hall–Kier alpha value is -0.0800. The van der Waals surface area contributed by atoms with E-state index in [1.54, 1.807) is 0 Å². The number of hydrogen-bond acceptors (Lipinski definition) is 2. The minimum absolute atomic E-state index is 0.323. The lowest BCUT2D eigenvalue weighted by Crippen LogP contribution is -2.57. The number of nitrogens with zero attached hydrogens (tertiary/aromatic N) is 1. The van der Waals surface area contributed by atoms with Crippen LogP contribution in [-0.4, -0.2) is 37.6 Å². The van der Waals surface area contributed by atoms with Gasteiger partial charge in [-0.15, -0.1) is 0 Å². The summed E-state index contributed by atoms with van der Waals surface area (Å²) in [7, 11) is 6.52. The van der Waals surface area contributed by atoms with E-state index in [2.05, 4.69) is 52.1 Å². The molecule has 1 N–H and O–H groups in total. The van der Waals surface area contributed by atoms with Crippen LogP contribution >= 0.6 is 0 Å². The molecule has 0 aliphatic heterocycles. The normalized spacial score (nSPS) is 14.6. The Kier molecular flexibility index (Phi) is 7.20. The van der Waals surface area contributed by atoms with Crippen molar-refractivity contribution in [3.63, 3.8) is 0 Å². The van der Waals surface area contributed by atoms with E-state index in [0.717, 1.165) is 0 Å². The third-order valence-electron chi connectivity index (χ3n) is 3.96. The van der Waals surface area contributed by atoms with Crippen LogP contribution in [0.4, 0.5) is 0 Å². The fraction of sp³-hybridized carbons (Fsp3) is 1.00. The van der Waals surface area contributed by atoms with Crippen LogP contribution in [0.5, 0.6) is 0 Å². The van der Waals surface area contributed by atoms with Crippen molar-refractivity contribution >= 4 is 0 Å². The largest absolute Gasteiger partial charge is 0.315 e. The van der Waals surface area contributed by atoms with Crippen LogP contribution in [0.2, 0.25) is 0 Å². The maximum Gasteiger partial charge on any atom is 0.0351 e.